The van der Waals surface area contributed by atoms with Crippen LogP contribution in [0, 0.1) is 6.92 Å². The van der Waals surface area contributed by atoms with Crippen molar-refractivity contribution in [3.8, 4) is 11.5 Å². The molecule has 0 spiro atoms. The van der Waals surface area contributed by atoms with Crippen LogP contribution in [-0.4, -0.2) is 31.5 Å². The molecular formula is C16H27NO3. The van der Waals surface area contributed by atoms with Gasteiger partial charge in [-0.15, -0.1) is 0 Å². The highest BCUT2D eigenvalue weighted by molar-refractivity contribution is 5.47. The Bertz CT molecular complexity index is 434. The summed E-state index contributed by atoms with van der Waals surface area (Å²) >= 11 is 0. The maximum atomic E-state index is 9.54. The molecular weight excluding hydrogens is 254 g/mol. The van der Waals surface area contributed by atoms with Gasteiger partial charge in [0.1, 0.15) is 0 Å². The Morgan fingerprint density at radius 1 is 1.20 bits per heavy atom. The highest BCUT2D eigenvalue weighted by Crippen LogP contribution is 2.30. The number of benzene rings is 1. The lowest BCUT2D eigenvalue weighted by Gasteiger charge is -2.29. The summed E-state index contributed by atoms with van der Waals surface area (Å²) in [6.07, 6.45) is 1.98. The monoisotopic (exact) mass is 281 g/mol. The Balaban J connectivity index is 2.87. The number of hydrogen-bond donors (Lipinski definition) is 2. The van der Waals surface area contributed by atoms with Crippen molar-refractivity contribution in [3.05, 3.63) is 23.3 Å². The van der Waals surface area contributed by atoms with Crippen LogP contribution in [0.4, 0.5) is 0 Å². The van der Waals surface area contributed by atoms with Gasteiger partial charge >= 0.3 is 0 Å². The first-order valence-corrected chi connectivity index (χ1v) is 7.07. The van der Waals surface area contributed by atoms with Gasteiger partial charge in [-0.3, -0.25) is 0 Å². The van der Waals surface area contributed by atoms with Crippen molar-refractivity contribution in [2.75, 3.05) is 20.8 Å². The van der Waals surface area contributed by atoms with Crippen LogP contribution in [0.15, 0.2) is 12.1 Å². The van der Waals surface area contributed by atoms with Crippen LogP contribution in [0.3, 0.4) is 0 Å². The van der Waals surface area contributed by atoms with Gasteiger partial charge in [-0.1, -0.05) is 13.3 Å². The molecule has 0 aromatic heterocycles. The quantitative estimate of drug-likeness (QED) is 0.769. The fraction of sp³-hybridized carbons (Fsp3) is 0.625. The molecule has 20 heavy (non-hydrogen) atoms. The SMILES string of the molecule is CCCC(C)(CO)NCc1cc(OC)c(OC)cc1C. The summed E-state index contributed by atoms with van der Waals surface area (Å²) in [5.41, 5.74) is 2.05. The summed E-state index contributed by atoms with van der Waals surface area (Å²) in [6.45, 7) is 7.05. The second-order valence-electron chi connectivity index (χ2n) is 5.46. The smallest absolute Gasteiger partial charge is 0.161 e. The van der Waals surface area contributed by atoms with E-state index in [1.54, 1.807) is 14.2 Å². The molecule has 1 unspecified atom stereocenters. The molecule has 0 saturated heterocycles. The fourth-order valence-corrected chi connectivity index (χ4v) is 2.30. The predicted molar refractivity (Wildman–Crippen MR) is 81.5 cm³/mol. The van der Waals surface area contributed by atoms with Crippen molar-refractivity contribution in [2.45, 2.75) is 45.7 Å². The summed E-state index contributed by atoms with van der Waals surface area (Å²) < 4.78 is 10.6. The number of ether oxygens (including phenoxy) is 2. The van der Waals surface area contributed by atoms with Gasteiger partial charge in [0.05, 0.1) is 20.8 Å². The molecule has 1 atom stereocenters. The van der Waals surface area contributed by atoms with Crippen LogP contribution < -0.4 is 14.8 Å². The molecule has 0 fully saturated rings. The van der Waals surface area contributed by atoms with E-state index in [-0.39, 0.29) is 12.1 Å². The molecule has 0 saturated carbocycles. The van der Waals surface area contributed by atoms with E-state index in [2.05, 4.69) is 19.2 Å². The zero-order chi connectivity index (χ0) is 15.2. The minimum atomic E-state index is -0.242. The number of aliphatic hydroxyl groups is 1. The first kappa shape index (κ1) is 16.8. The Morgan fingerprint density at radius 3 is 2.30 bits per heavy atom. The van der Waals surface area contributed by atoms with E-state index in [1.807, 2.05) is 19.1 Å². The van der Waals surface area contributed by atoms with Crippen molar-refractivity contribution >= 4 is 0 Å². The van der Waals surface area contributed by atoms with Crippen LogP contribution in [0.2, 0.25) is 0 Å². The zero-order valence-corrected chi connectivity index (χ0v) is 13.2. The highest BCUT2D eigenvalue weighted by Gasteiger charge is 2.21. The molecule has 114 valence electrons. The van der Waals surface area contributed by atoms with Gasteiger partial charge < -0.3 is 19.9 Å². The molecule has 1 aromatic carbocycles. The topological polar surface area (TPSA) is 50.7 Å². The van der Waals surface area contributed by atoms with Crippen molar-refractivity contribution in [2.24, 2.45) is 0 Å². The summed E-state index contributed by atoms with van der Waals surface area (Å²) in [6, 6.07) is 3.97. The molecule has 0 aliphatic heterocycles. The lowest BCUT2D eigenvalue weighted by molar-refractivity contribution is 0.163. The molecule has 0 radical (unpaired) electrons. The molecule has 0 amide bonds. The molecule has 0 aliphatic carbocycles. The van der Waals surface area contributed by atoms with Crippen LogP contribution in [-0.2, 0) is 6.54 Å². The maximum Gasteiger partial charge on any atom is 0.161 e. The van der Waals surface area contributed by atoms with Gasteiger partial charge in [0, 0.05) is 12.1 Å². The Kier molecular flexibility index (Phi) is 6.30. The molecule has 4 heteroatoms. The third kappa shape index (κ3) is 4.12. The highest BCUT2D eigenvalue weighted by atomic mass is 16.5. The average molecular weight is 281 g/mol. The standard InChI is InChI=1S/C16H27NO3/c1-6-7-16(3,11-18)17-10-13-9-15(20-5)14(19-4)8-12(13)2/h8-9,17-18H,6-7,10-11H2,1-5H3. The van der Waals surface area contributed by atoms with Gasteiger partial charge in [-0.2, -0.15) is 0 Å². The zero-order valence-electron chi connectivity index (χ0n) is 13.2. The van der Waals surface area contributed by atoms with E-state index in [9.17, 15) is 5.11 Å². The lowest BCUT2D eigenvalue weighted by Crippen LogP contribution is -2.45. The third-order valence-electron chi connectivity index (χ3n) is 3.70. The van der Waals surface area contributed by atoms with Crippen molar-refractivity contribution < 1.29 is 14.6 Å². The molecule has 1 aromatic rings. The van der Waals surface area contributed by atoms with Crippen LogP contribution in [0.1, 0.15) is 37.8 Å². The second kappa shape index (κ2) is 7.50. The first-order chi connectivity index (χ1) is 9.49. The van der Waals surface area contributed by atoms with Crippen molar-refractivity contribution in [1.82, 2.24) is 5.32 Å². The van der Waals surface area contributed by atoms with Crippen LogP contribution in [0.5, 0.6) is 11.5 Å². The van der Waals surface area contributed by atoms with E-state index < -0.39 is 0 Å². The number of hydrogen-bond acceptors (Lipinski definition) is 4. The van der Waals surface area contributed by atoms with Crippen molar-refractivity contribution in [1.29, 1.82) is 0 Å². The fourth-order valence-electron chi connectivity index (χ4n) is 2.30. The van der Waals surface area contributed by atoms with E-state index in [4.69, 9.17) is 9.47 Å². The number of rotatable bonds is 8. The molecule has 0 aliphatic rings. The number of aryl methyl sites for hydroxylation is 1. The summed E-state index contributed by atoms with van der Waals surface area (Å²) in [5, 5.41) is 13.0. The predicted octanol–water partition coefficient (Wildman–Crippen LogP) is 2.65. The molecule has 4 nitrogen and oxygen atoms in total. The molecule has 0 bridgehead atoms. The molecule has 1 rings (SSSR count). The van der Waals surface area contributed by atoms with E-state index in [0.717, 1.165) is 35.5 Å². The second-order valence-corrected chi connectivity index (χ2v) is 5.46. The summed E-state index contributed by atoms with van der Waals surface area (Å²) in [5.74, 6) is 1.48. The molecule has 2 N–H and O–H groups in total. The van der Waals surface area contributed by atoms with Gasteiger partial charge in [0.2, 0.25) is 0 Å². The molecule has 0 heterocycles. The van der Waals surface area contributed by atoms with Gasteiger partial charge in [0.25, 0.3) is 0 Å². The number of aliphatic hydroxyl groups excluding tert-OH is 1. The average Bonchev–Trinajstić information content (AvgIpc) is 2.45. The summed E-state index contributed by atoms with van der Waals surface area (Å²) in [4.78, 5) is 0. The van der Waals surface area contributed by atoms with E-state index >= 15 is 0 Å². The lowest BCUT2D eigenvalue weighted by atomic mass is 9.96. The van der Waals surface area contributed by atoms with Crippen LogP contribution >= 0.6 is 0 Å². The maximum absolute atomic E-state index is 9.54. The van der Waals surface area contributed by atoms with E-state index in [0.29, 0.717) is 6.54 Å². The minimum absolute atomic E-state index is 0.132. The Labute approximate surface area is 122 Å². The van der Waals surface area contributed by atoms with Gasteiger partial charge in [-0.05, 0) is 43.5 Å². The van der Waals surface area contributed by atoms with E-state index in [1.165, 1.54) is 0 Å². The third-order valence-corrected chi connectivity index (χ3v) is 3.70. The number of nitrogens with one attached hydrogen (secondary N) is 1. The van der Waals surface area contributed by atoms with Gasteiger partial charge in [-0.25, -0.2) is 0 Å². The van der Waals surface area contributed by atoms with Gasteiger partial charge in [0.15, 0.2) is 11.5 Å². The Hall–Kier alpha value is -1.26. The van der Waals surface area contributed by atoms with Crippen LogP contribution in [0.25, 0.3) is 0 Å². The van der Waals surface area contributed by atoms with Crippen molar-refractivity contribution in [3.63, 3.8) is 0 Å². The largest absolute Gasteiger partial charge is 0.493 e. The Morgan fingerprint density at radius 2 is 1.80 bits per heavy atom. The summed E-state index contributed by atoms with van der Waals surface area (Å²) in [7, 11) is 3.28. The normalized spacial score (nSPS) is 13.9. The minimum Gasteiger partial charge on any atom is -0.493 e. The first-order valence-electron chi connectivity index (χ1n) is 7.07. The number of methoxy groups -OCH3 is 2.